The van der Waals surface area contributed by atoms with Crippen molar-refractivity contribution in [1.82, 2.24) is 9.97 Å². The first-order valence-electron chi connectivity index (χ1n) is 4.33. The van der Waals surface area contributed by atoms with Crippen LogP contribution in [-0.2, 0) is 9.47 Å². The fourth-order valence-electron chi connectivity index (χ4n) is 0.899. The molecule has 0 aliphatic heterocycles. The third kappa shape index (κ3) is 3.47. The van der Waals surface area contributed by atoms with Gasteiger partial charge in [-0.25, -0.2) is 9.78 Å². The van der Waals surface area contributed by atoms with Gasteiger partial charge in [0.25, 0.3) is 0 Å². The van der Waals surface area contributed by atoms with Crippen molar-refractivity contribution in [2.45, 2.75) is 0 Å². The van der Waals surface area contributed by atoms with Crippen LogP contribution in [0.15, 0.2) is 18.5 Å². The Balaban J connectivity index is 2.68. The number of nitrogens with zero attached hydrogens (tertiary/aromatic N) is 2. The summed E-state index contributed by atoms with van der Waals surface area (Å²) in [6, 6.07) is 0. The molecule has 1 aromatic heterocycles. The third-order valence-corrected chi connectivity index (χ3v) is 1.62. The highest BCUT2D eigenvalue weighted by atomic mass is 16.5. The highest BCUT2D eigenvalue weighted by Crippen LogP contribution is 1.99. The minimum atomic E-state index is -0.491. The van der Waals surface area contributed by atoms with Crippen molar-refractivity contribution in [3.05, 3.63) is 29.9 Å². The normalized spacial score (nSPS) is 10.5. The molecule has 5 heteroatoms. The Hall–Kier alpha value is -1.75. The van der Waals surface area contributed by atoms with Crippen molar-refractivity contribution in [1.29, 1.82) is 0 Å². The molecule has 80 valence electrons. The highest BCUT2D eigenvalue weighted by molar-refractivity contribution is 5.86. The summed E-state index contributed by atoms with van der Waals surface area (Å²) < 4.78 is 9.33. The van der Waals surface area contributed by atoms with Crippen LogP contribution in [0.25, 0.3) is 6.08 Å². The molecule has 0 atom stereocenters. The van der Waals surface area contributed by atoms with E-state index in [1.807, 2.05) is 6.08 Å². The molecule has 1 heterocycles. The molecule has 15 heavy (non-hydrogen) atoms. The van der Waals surface area contributed by atoms with E-state index < -0.39 is 5.97 Å². The van der Waals surface area contributed by atoms with E-state index in [9.17, 15) is 4.79 Å². The number of methoxy groups -OCH3 is 2. The van der Waals surface area contributed by atoms with Crippen molar-refractivity contribution in [3.63, 3.8) is 0 Å². The molecule has 0 saturated carbocycles. The minimum absolute atomic E-state index is 0.196. The molecule has 0 radical (unpaired) electrons. The van der Waals surface area contributed by atoms with E-state index in [0.29, 0.717) is 12.3 Å². The van der Waals surface area contributed by atoms with E-state index in [0.717, 1.165) is 0 Å². The van der Waals surface area contributed by atoms with Crippen molar-refractivity contribution in [2.75, 3.05) is 20.8 Å². The molecule has 0 N–H and O–H groups in total. The number of ether oxygens (including phenoxy) is 2. The molecule has 0 saturated heterocycles. The van der Waals surface area contributed by atoms with E-state index in [1.165, 1.54) is 19.5 Å². The SMILES string of the molecule is COC/C=C/c1cnc(C(=O)OC)cn1. The molecule has 0 aromatic carbocycles. The molecule has 0 aliphatic carbocycles. The molecule has 0 unspecified atom stereocenters. The van der Waals surface area contributed by atoms with Gasteiger partial charge < -0.3 is 9.47 Å². The molecule has 0 bridgehead atoms. The van der Waals surface area contributed by atoms with Gasteiger partial charge in [0.05, 0.1) is 31.8 Å². The predicted molar refractivity (Wildman–Crippen MR) is 54.3 cm³/mol. The molecule has 0 aliphatic rings. The Morgan fingerprint density at radius 2 is 2.20 bits per heavy atom. The summed E-state index contributed by atoms with van der Waals surface area (Å²) in [4.78, 5) is 18.9. The zero-order valence-electron chi connectivity index (χ0n) is 8.64. The molecule has 0 amide bonds. The number of carbonyl (C=O) groups excluding carboxylic acids is 1. The van der Waals surface area contributed by atoms with Crippen LogP contribution in [0.5, 0.6) is 0 Å². The van der Waals surface area contributed by atoms with Crippen LogP contribution in [0.1, 0.15) is 16.2 Å². The zero-order chi connectivity index (χ0) is 11.1. The molecule has 0 spiro atoms. The number of aromatic nitrogens is 2. The van der Waals surface area contributed by atoms with Gasteiger partial charge in [-0.05, 0) is 6.08 Å². The second-order valence-electron chi connectivity index (χ2n) is 2.68. The zero-order valence-corrected chi connectivity index (χ0v) is 8.64. The number of hydrogen-bond acceptors (Lipinski definition) is 5. The smallest absolute Gasteiger partial charge is 0.358 e. The quantitative estimate of drug-likeness (QED) is 0.688. The highest BCUT2D eigenvalue weighted by Gasteiger charge is 2.05. The van der Waals surface area contributed by atoms with Crippen molar-refractivity contribution in [3.8, 4) is 0 Å². The first-order chi connectivity index (χ1) is 7.27. The molecule has 0 fully saturated rings. The first kappa shape index (κ1) is 11.3. The maximum atomic E-state index is 11.0. The van der Waals surface area contributed by atoms with Gasteiger partial charge in [0.15, 0.2) is 5.69 Å². The van der Waals surface area contributed by atoms with Crippen LogP contribution < -0.4 is 0 Å². The Kier molecular flexibility index (Phi) is 4.43. The summed E-state index contributed by atoms with van der Waals surface area (Å²) in [6.45, 7) is 0.514. The third-order valence-electron chi connectivity index (χ3n) is 1.62. The second kappa shape index (κ2) is 5.87. The van der Waals surface area contributed by atoms with Gasteiger partial charge in [-0.2, -0.15) is 0 Å². The van der Waals surface area contributed by atoms with Crippen LogP contribution >= 0.6 is 0 Å². The summed E-state index contributed by atoms with van der Waals surface area (Å²) in [6.07, 6.45) is 6.44. The van der Waals surface area contributed by atoms with Crippen molar-refractivity contribution in [2.24, 2.45) is 0 Å². The Bertz CT molecular complexity index is 346. The van der Waals surface area contributed by atoms with Crippen LogP contribution in [0.3, 0.4) is 0 Å². The second-order valence-corrected chi connectivity index (χ2v) is 2.68. The van der Waals surface area contributed by atoms with E-state index in [1.54, 1.807) is 13.2 Å². The predicted octanol–water partition coefficient (Wildman–Crippen LogP) is 0.923. The van der Waals surface area contributed by atoms with E-state index >= 15 is 0 Å². The fraction of sp³-hybridized carbons (Fsp3) is 0.300. The first-order valence-corrected chi connectivity index (χ1v) is 4.33. The molecule has 1 rings (SSSR count). The van der Waals surface area contributed by atoms with Gasteiger partial charge in [-0.3, -0.25) is 4.98 Å². The maximum Gasteiger partial charge on any atom is 0.358 e. The largest absolute Gasteiger partial charge is 0.464 e. The summed E-state index contributed by atoms with van der Waals surface area (Å²) in [7, 11) is 2.91. The summed E-state index contributed by atoms with van der Waals surface area (Å²) in [5, 5.41) is 0. The summed E-state index contributed by atoms with van der Waals surface area (Å²) >= 11 is 0. The molecular weight excluding hydrogens is 196 g/mol. The summed E-state index contributed by atoms with van der Waals surface area (Å²) in [5.74, 6) is -0.491. The monoisotopic (exact) mass is 208 g/mol. The van der Waals surface area contributed by atoms with E-state index in [4.69, 9.17) is 4.74 Å². The number of carbonyl (C=O) groups is 1. The maximum absolute atomic E-state index is 11.0. The van der Waals surface area contributed by atoms with Gasteiger partial charge >= 0.3 is 5.97 Å². The van der Waals surface area contributed by atoms with E-state index in [2.05, 4.69) is 14.7 Å². The lowest BCUT2D eigenvalue weighted by atomic mass is 10.3. The molecular formula is C10H12N2O3. The van der Waals surface area contributed by atoms with Crippen LogP contribution in [-0.4, -0.2) is 36.8 Å². The number of hydrogen-bond donors (Lipinski definition) is 0. The standard InChI is InChI=1S/C10H12N2O3/c1-14-5-3-4-8-6-12-9(7-11-8)10(13)15-2/h3-4,6-7H,5H2,1-2H3/b4-3+. The number of esters is 1. The lowest BCUT2D eigenvalue weighted by molar-refractivity contribution is 0.0593. The van der Waals surface area contributed by atoms with Gasteiger partial charge in [0, 0.05) is 7.11 Å². The van der Waals surface area contributed by atoms with Gasteiger partial charge in [-0.1, -0.05) is 6.08 Å². The molecule has 1 aromatic rings. The Labute approximate surface area is 87.8 Å². The van der Waals surface area contributed by atoms with Crippen LogP contribution in [0.4, 0.5) is 0 Å². The number of rotatable bonds is 4. The summed E-state index contributed by atoms with van der Waals surface area (Å²) in [5.41, 5.74) is 0.862. The Morgan fingerprint density at radius 1 is 1.40 bits per heavy atom. The van der Waals surface area contributed by atoms with Crippen molar-refractivity contribution >= 4 is 12.0 Å². The lowest BCUT2D eigenvalue weighted by Gasteiger charge is -1.97. The van der Waals surface area contributed by atoms with E-state index in [-0.39, 0.29) is 5.69 Å². The van der Waals surface area contributed by atoms with Crippen LogP contribution in [0, 0.1) is 0 Å². The molecule has 5 nitrogen and oxygen atoms in total. The van der Waals surface area contributed by atoms with Gasteiger partial charge in [0.1, 0.15) is 0 Å². The minimum Gasteiger partial charge on any atom is -0.464 e. The van der Waals surface area contributed by atoms with Crippen LogP contribution in [0.2, 0.25) is 0 Å². The average molecular weight is 208 g/mol. The lowest BCUT2D eigenvalue weighted by Crippen LogP contribution is -2.04. The van der Waals surface area contributed by atoms with Crippen molar-refractivity contribution < 1.29 is 14.3 Å². The Morgan fingerprint density at radius 3 is 2.73 bits per heavy atom. The average Bonchev–Trinajstić information content (AvgIpc) is 2.29. The van der Waals surface area contributed by atoms with Gasteiger partial charge in [-0.15, -0.1) is 0 Å². The topological polar surface area (TPSA) is 61.3 Å². The fourth-order valence-corrected chi connectivity index (χ4v) is 0.899. The van der Waals surface area contributed by atoms with Gasteiger partial charge in [0.2, 0.25) is 0 Å².